The fourth-order valence-corrected chi connectivity index (χ4v) is 2.91. The maximum Gasteiger partial charge on any atom is 0.306 e. The van der Waals surface area contributed by atoms with Gasteiger partial charge in [0.05, 0.1) is 5.92 Å². The van der Waals surface area contributed by atoms with Gasteiger partial charge < -0.3 is 15.7 Å². The Morgan fingerprint density at radius 3 is 2.70 bits per heavy atom. The molecule has 1 fully saturated rings. The van der Waals surface area contributed by atoms with E-state index in [4.69, 9.17) is 5.11 Å². The van der Waals surface area contributed by atoms with Crippen LogP contribution in [0, 0.1) is 5.92 Å². The predicted octanol–water partition coefficient (Wildman–Crippen LogP) is 1.35. The zero-order valence-corrected chi connectivity index (χ0v) is 13.2. The number of aryl methyl sites for hydroxylation is 1. The molecule has 0 saturated heterocycles. The number of hydrogen-bond acceptors (Lipinski definition) is 3. The Hall–Kier alpha value is -2.37. The maximum absolute atomic E-state index is 12.0. The van der Waals surface area contributed by atoms with Crippen LogP contribution in [0.25, 0.3) is 0 Å². The Bertz CT molecular complexity index is 600. The van der Waals surface area contributed by atoms with Crippen LogP contribution in [0.5, 0.6) is 0 Å². The number of carbonyl (C=O) groups is 3. The van der Waals surface area contributed by atoms with Gasteiger partial charge in [-0.2, -0.15) is 0 Å². The molecule has 3 N–H and O–H groups in total. The summed E-state index contributed by atoms with van der Waals surface area (Å²) < 4.78 is 0. The standard InChI is InChI=1S/C17H22N2O4/c1-18-16(21)12-4-2-3-11(9-12)5-8-15(20)19-14-7-6-13(10-14)17(22)23/h2-4,9,13-14H,5-8,10H2,1H3,(H,18,21)(H,19,20)(H,22,23)/t13-,14+/m1/s1. The zero-order valence-electron chi connectivity index (χ0n) is 13.2. The van der Waals surface area contributed by atoms with Gasteiger partial charge in [-0.3, -0.25) is 14.4 Å². The summed E-state index contributed by atoms with van der Waals surface area (Å²) in [7, 11) is 1.58. The second kappa shape index (κ2) is 7.76. The van der Waals surface area contributed by atoms with Crippen molar-refractivity contribution < 1.29 is 19.5 Å². The largest absolute Gasteiger partial charge is 0.481 e. The number of aliphatic carboxylic acids is 1. The van der Waals surface area contributed by atoms with Gasteiger partial charge >= 0.3 is 5.97 Å². The molecule has 2 amide bonds. The molecule has 0 unspecified atom stereocenters. The summed E-state index contributed by atoms with van der Waals surface area (Å²) in [5.41, 5.74) is 1.50. The molecule has 1 saturated carbocycles. The van der Waals surface area contributed by atoms with Crippen molar-refractivity contribution in [1.82, 2.24) is 10.6 Å². The van der Waals surface area contributed by atoms with E-state index in [1.165, 1.54) is 0 Å². The Morgan fingerprint density at radius 1 is 1.26 bits per heavy atom. The quantitative estimate of drug-likeness (QED) is 0.738. The molecule has 1 aromatic carbocycles. The molecule has 23 heavy (non-hydrogen) atoms. The van der Waals surface area contributed by atoms with Gasteiger partial charge in [-0.25, -0.2) is 0 Å². The fraction of sp³-hybridized carbons (Fsp3) is 0.471. The van der Waals surface area contributed by atoms with Crippen LogP contribution >= 0.6 is 0 Å². The lowest BCUT2D eigenvalue weighted by atomic mass is 10.1. The zero-order chi connectivity index (χ0) is 16.8. The minimum atomic E-state index is -0.784. The molecule has 0 heterocycles. The number of rotatable bonds is 6. The van der Waals surface area contributed by atoms with Crippen molar-refractivity contribution in [2.45, 2.75) is 38.1 Å². The minimum absolute atomic E-state index is 0.0409. The normalized spacial score (nSPS) is 20.0. The summed E-state index contributed by atoms with van der Waals surface area (Å²) in [4.78, 5) is 34.5. The first kappa shape index (κ1) is 17.0. The lowest BCUT2D eigenvalue weighted by molar-refractivity contribution is -0.141. The number of hydrogen-bond donors (Lipinski definition) is 3. The van der Waals surface area contributed by atoms with E-state index in [1.54, 1.807) is 25.2 Å². The van der Waals surface area contributed by atoms with Crippen molar-refractivity contribution in [3.05, 3.63) is 35.4 Å². The van der Waals surface area contributed by atoms with Gasteiger partial charge in [-0.05, 0) is 43.4 Å². The number of carbonyl (C=O) groups excluding carboxylic acids is 2. The van der Waals surface area contributed by atoms with Crippen LogP contribution in [0.4, 0.5) is 0 Å². The van der Waals surface area contributed by atoms with Crippen LogP contribution in [0.15, 0.2) is 24.3 Å². The molecule has 1 aliphatic carbocycles. The Morgan fingerprint density at radius 2 is 2.04 bits per heavy atom. The third kappa shape index (κ3) is 4.81. The summed E-state index contributed by atoms with van der Waals surface area (Å²) >= 11 is 0. The molecule has 0 bridgehead atoms. The van der Waals surface area contributed by atoms with E-state index in [0.29, 0.717) is 31.2 Å². The molecular weight excluding hydrogens is 296 g/mol. The predicted molar refractivity (Wildman–Crippen MR) is 85.1 cm³/mol. The highest BCUT2D eigenvalue weighted by atomic mass is 16.4. The second-order valence-corrected chi connectivity index (χ2v) is 5.89. The van der Waals surface area contributed by atoms with Crippen LogP contribution in [0.2, 0.25) is 0 Å². The molecule has 2 rings (SSSR count). The molecule has 0 spiro atoms. The van der Waals surface area contributed by atoms with Crippen LogP contribution in [0.3, 0.4) is 0 Å². The van der Waals surface area contributed by atoms with Gasteiger partial charge in [0, 0.05) is 25.1 Å². The smallest absolute Gasteiger partial charge is 0.306 e. The van der Waals surface area contributed by atoms with Crippen LogP contribution < -0.4 is 10.6 Å². The van der Waals surface area contributed by atoms with Gasteiger partial charge in [0.2, 0.25) is 5.91 Å². The SMILES string of the molecule is CNC(=O)c1cccc(CCC(=O)N[C@H]2CC[C@@H](C(=O)O)C2)c1. The average molecular weight is 318 g/mol. The van der Waals surface area contributed by atoms with E-state index in [1.807, 2.05) is 6.07 Å². The second-order valence-electron chi connectivity index (χ2n) is 5.89. The van der Waals surface area contributed by atoms with Gasteiger partial charge in [0.15, 0.2) is 0 Å². The number of carboxylic acids is 1. The highest BCUT2D eigenvalue weighted by Crippen LogP contribution is 2.25. The van der Waals surface area contributed by atoms with Crippen molar-refractivity contribution in [2.24, 2.45) is 5.92 Å². The highest BCUT2D eigenvalue weighted by Gasteiger charge is 2.30. The number of amides is 2. The third-order valence-corrected chi connectivity index (χ3v) is 4.20. The Kier molecular flexibility index (Phi) is 5.73. The third-order valence-electron chi connectivity index (χ3n) is 4.20. The molecule has 0 aromatic heterocycles. The van der Waals surface area contributed by atoms with Crippen molar-refractivity contribution in [3.8, 4) is 0 Å². The van der Waals surface area contributed by atoms with Gasteiger partial charge in [-0.1, -0.05) is 12.1 Å². The highest BCUT2D eigenvalue weighted by molar-refractivity contribution is 5.94. The number of benzene rings is 1. The van der Waals surface area contributed by atoms with Crippen molar-refractivity contribution in [2.75, 3.05) is 7.05 Å². The first-order valence-electron chi connectivity index (χ1n) is 7.82. The first-order chi connectivity index (χ1) is 11.0. The van der Waals surface area contributed by atoms with Crippen molar-refractivity contribution >= 4 is 17.8 Å². The molecule has 1 aromatic rings. The monoisotopic (exact) mass is 318 g/mol. The van der Waals surface area contributed by atoms with Gasteiger partial charge in [0.1, 0.15) is 0 Å². The van der Waals surface area contributed by atoms with E-state index < -0.39 is 5.97 Å². The summed E-state index contributed by atoms with van der Waals surface area (Å²) in [6, 6.07) is 7.15. The van der Waals surface area contributed by atoms with Gasteiger partial charge in [-0.15, -0.1) is 0 Å². The lowest BCUT2D eigenvalue weighted by Crippen LogP contribution is -2.33. The first-order valence-corrected chi connectivity index (χ1v) is 7.82. The molecular formula is C17H22N2O4. The van der Waals surface area contributed by atoms with Gasteiger partial charge in [0.25, 0.3) is 5.91 Å². The van der Waals surface area contributed by atoms with E-state index in [9.17, 15) is 14.4 Å². The van der Waals surface area contributed by atoms with E-state index >= 15 is 0 Å². The molecule has 124 valence electrons. The lowest BCUT2D eigenvalue weighted by Gasteiger charge is -2.12. The fourth-order valence-electron chi connectivity index (χ4n) is 2.91. The van der Waals surface area contributed by atoms with Crippen LogP contribution in [-0.4, -0.2) is 36.0 Å². The Balaban J connectivity index is 1.81. The summed E-state index contributed by atoms with van der Waals surface area (Å²) in [6.07, 6.45) is 2.72. The minimum Gasteiger partial charge on any atom is -0.481 e. The molecule has 0 radical (unpaired) electrons. The topological polar surface area (TPSA) is 95.5 Å². The van der Waals surface area contributed by atoms with E-state index in [0.717, 1.165) is 12.0 Å². The Labute approximate surface area is 135 Å². The molecule has 0 aliphatic heterocycles. The number of nitrogens with one attached hydrogen (secondary N) is 2. The van der Waals surface area contributed by atoms with Crippen molar-refractivity contribution in [1.29, 1.82) is 0 Å². The van der Waals surface area contributed by atoms with E-state index in [2.05, 4.69) is 10.6 Å². The van der Waals surface area contributed by atoms with Crippen LogP contribution in [-0.2, 0) is 16.0 Å². The molecule has 1 aliphatic rings. The molecule has 6 nitrogen and oxygen atoms in total. The van der Waals surface area contributed by atoms with Crippen molar-refractivity contribution in [3.63, 3.8) is 0 Å². The molecule has 6 heteroatoms. The van der Waals surface area contributed by atoms with E-state index in [-0.39, 0.29) is 23.8 Å². The maximum atomic E-state index is 12.0. The summed E-state index contributed by atoms with van der Waals surface area (Å²) in [5.74, 6) is -1.36. The molecule has 2 atom stereocenters. The average Bonchev–Trinajstić information content (AvgIpc) is 3.01. The van der Waals surface area contributed by atoms with Crippen LogP contribution in [0.1, 0.15) is 41.6 Å². The number of carboxylic acid groups (broad SMARTS) is 1. The summed E-state index contributed by atoms with van der Waals surface area (Å²) in [6.45, 7) is 0. The summed E-state index contributed by atoms with van der Waals surface area (Å²) in [5, 5.41) is 14.4.